The fraction of sp³-hybridized carbons (Fsp3) is 0.556. The van der Waals surface area contributed by atoms with Gasteiger partial charge in [0.1, 0.15) is 0 Å². The number of aromatic nitrogens is 1. The molecule has 1 amide bonds. The first-order chi connectivity index (χ1) is 13.3. The standard InChI is InChI=1S/C18H24BrN3O4S2/c1-3-26-11-10-22-15-5-4-14(19)12-16(15)27-18(22)20-17(23)13-6-8-21(9-7-13)28(2,24)25/h4-5,12-13H,3,6-11H2,1-2H3. The quantitative estimate of drug-likeness (QED) is 0.583. The van der Waals surface area contributed by atoms with Crippen molar-refractivity contribution < 1.29 is 17.9 Å². The molecule has 0 N–H and O–H groups in total. The number of ether oxygens (including phenoxy) is 1. The molecule has 0 saturated carbocycles. The Hall–Kier alpha value is -1.07. The molecule has 10 heteroatoms. The van der Waals surface area contributed by atoms with Crippen LogP contribution in [0.15, 0.2) is 27.7 Å². The molecule has 1 saturated heterocycles. The topological polar surface area (TPSA) is 81.0 Å². The van der Waals surface area contributed by atoms with Crippen molar-refractivity contribution in [1.29, 1.82) is 0 Å². The Bertz CT molecular complexity index is 1020. The highest BCUT2D eigenvalue weighted by Crippen LogP contribution is 2.23. The summed E-state index contributed by atoms with van der Waals surface area (Å²) in [5.74, 6) is -0.417. The molecule has 2 aromatic rings. The Morgan fingerprint density at radius 2 is 2.07 bits per heavy atom. The van der Waals surface area contributed by atoms with E-state index in [4.69, 9.17) is 4.74 Å². The lowest BCUT2D eigenvalue weighted by atomic mass is 9.98. The van der Waals surface area contributed by atoms with Gasteiger partial charge in [-0.1, -0.05) is 27.3 Å². The van der Waals surface area contributed by atoms with Gasteiger partial charge in [-0.25, -0.2) is 12.7 Å². The molecule has 2 heterocycles. The maximum atomic E-state index is 12.8. The number of benzene rings is 1. The van der Waals surface area contributed by atoms with Crippen molar-refractivity contribution in [3.8, 4) is 0 Å². The number of rotatable bonds is 6. The lowest BCUT2D eigenvalue weighted by Gasteiger charge is -2.28. The molecule has 0 unspecified atom stereocenters. The zero-order valence-electron chi connectivity index (χ0n) is 15.9. The summed E-state index contributed by atoms with van der Waals surface area (Å²) in [5, 5.41) is 0. The van der Waals surface area contributed by atoms with E-state index in [1.54, 1.807) is 0 Å². The summed E-state index contributed by atoms with van der Waals surface area (Å²) in [6.07, 6.45) is 2.21. The second kappa shape index (κ2) is 9.17. The fourth-order valence-corrected chi connectivity index (χ4v) is 5.76. The van der Waals surface area contributed by atoms with E-state index in [1.165, 1.54) is 21.9 Å². The molecule has 7 nitrogen and oxygen atoms in total. The van der Waals surface area contributed by atoms with Crippen molar-refractivity contribution in [2.75, 3.05) is 32.6 Å². The highest BCUT2D eigenvalue weighted by atomic mass is 79.9. The van der Waals surface area contributed by atoms with E-state index >= 15 is 0 Å². The third-order valence-corrected chi connectivity index (χ3v) is 7.62. The van der Waals surface area contributed by atoms with Crippen molar-refractivity contribution in [2.24, 2.45) is 10.9 Å². The summed E-state index contributed by atoms with van der Waals surface area (Å²) >= 11 is 4.96. The van der Waals surface area contributed by atoms with Gasteiger partial charge in [0.15, 0.2) is 4.80 Å². The zero-order chi connectivity index (χ0) is 20.3. The molecular weight excluding hydrogens is 466 g/mol. The highest BCUT2D eigenvalue weighted by Gasteiger charge is 2.28. The van der Waals surface area contributed by atoms with Crippen LogP contribution in [-0.2, 0) is 26.1 Å². The third-order valence-electron chi connectivity index (χ3n) is 4.79. The maximum Gasteiger partial charge on any atom is 0.251 e. The average molecular weight is 490 g/mol. The van der Waals surface area contributed by atoms with Crippen LogP contribution in [0.3, 0.4) is 0 Å². The van der Waals surface area contributed by atoms with Gasteiger partial charge in [0, 0.05) is 36.6 Å². The van der Waals surface area contributed by atoms with Gasteiger partial charge in [-0.2, -0.15) is 4.99 Å². The van der Waals surface area contributed by atoms with Crippen LogP contribution in [0.5, 0.6) is 0 Å². The molecule has 1 fully saturated rings. The van der Waals surface area contributed by atoms with E-state index in [2.05, 4.69) is 20.9 Å². The molecule has 3 rings (SSSR count). The lowest BCUT2D eigenvalue weighted by Crippen LogP contribution is -2.39. The van der Waals surface area contributed by atoms with E-state index in [1.807, 2.05) is 29.7 Å². The molecule has 154 valence electrons. The Labute approximate surface area is 177 Å². The van der Waals surface area contributed by atoms with E-state index in [0.717, 1.165) is 14.7 Å². The van der Waals surface area contributed by atoms with Crippen LogP contribution in [0, 0.1) is 5.92 Å². The highest BCUT2D eigenvalue weighted by molar-refractivity contribution is 9.10. The van der Waals surface area contributed by atoms with Crippen LogP contribution in [0.25, 0.3) is 10.2 Å². The van der Waals surface area contributed by atoms with Crippen molar-refractivity contribution >= 4 is 53.4 Å². The van der Waals surface area contributed by atoms with Gasteiger partial charge in [-0.15, -0.1) is 0 Å². The first kappa shape index (κ1) is 21.6. The van der Waals surface area contributed by atoms with Crippen LogP contribution < -0.4 is 4.80 Å². The third kappa shape index (κ3) is 5.10. The molecule has 28 heavy (non-hydrogen) atoms. The minimum absolute atomic E-state index is 0.177. The van der Waals surface area contributed by atoms with Crippen LogP contribution >= 0.6 is 27.3 Å². The molecule has 0 atom stereocenters. The molecule has 1 aromatic carbocycles. The predicted molar refractivity (Wildman–Crippen MR) is 114 cm³/mol. The summed E-state index contributed by atoms with van der Waals surface area (Å²) in [6, 6.07) is 6.00. The van der Waals surface area contributed by atoms with Gasteiger partial charge < -0.3 is 9.30 Å². The van der Waals surface area contributed by atoms with E-state index in [-0.39, 0.29) is 11.8 Å². The average Bonchev–Trinajstić information content (AvgIpc) is 2.97. The molecule has 0 aliphatic carbocycles. The summed E-state index contributed by atoms with van der Waals surface area (Å²) in [7, 11) is -3.20. The van der Waals surface area contributed by atoms with Crippen LogP contribution in [0.4, 0.5) is 0 Å². The van der Waals surface area contributed by atoms with Crippen molar-refractivity contribution in [3.05, 3.63) is 27.5 Å². The summed E-state index contributed by atoms with van der Waals surface area (Å²) in [4.78, 5) is 17.8. The normalized spacial score (nSPS) is 17.5. The molecule has 0 spiro atoms. The van der Waals surface area contributed by atoms with Crippen LogP contribution in [0.1, 0.15) is 19.8 Å². The molecule has 1 aliphatic heterocycles. The number of sulfonamides is 1. The summed E-state index contributed by atoms with van der Waals surface area (Å²) in [6.45, 7) is 4.49. The number of piperidine rings is 1. The lowest BCUT2D eigenvalue weighted by molar-refractivity contribution is -0.122. The summed E-state index contributed by atoms with van der Waals surface area (Å²) in [5.41, 5.74) is 1.02. The molecular formula is C18H24BrN3O4S2. The number of hydrogen-bond donors (Lipinski definition) is 0. The molecule has 1 aromatic heterocycles. The number of fused-ring (bicyclic) bond motifs is 1. The Kier molecular flexibility index (Phi) is 7.08. The SMILES string of the molecule is CCOCCn1c(=NC(=O)C2CCN(S(C)(=O)=O)CC2)sc2cc(Br)ccc21. The molecule has 1 aliphatic rings. The van der Waals surface area contributed by atoms with Gasteiger partial charge in [0.05, 0.1) is 23.1 Å². The number of thiazole rings is 1. The minimum Gasteiger partial charge on any atom is -0.380 e. The monoisotopic (exact) mass is 489 g/mol. The number of carbonyl (C=O) groups is 1. The van der Waals surface area contributed by atoms with E-state index < -0.39 is 10.0 Å². The second-order valence-electron chi connectivity index (χ2n) is 6.73. The fourth-order valence-electron chi connectivity index (χ4n) is 3.27. The number of nitrogens with zero attached hydrogens (tertiary/aromatic N) is 3. The Morgan fingerprint density at radius 1 is 1.36 bits per heavy atom. The molecule has 0 radical (unpaired) electrons. The number of carbonyl (C=O) groups excluding carboxylic acids is 1. The van der Waals surface area contributed by atoms with Gasteiger partial charge in [-0.05, 0) is 38.0 Å². The van der Waals surface area contributed by atoms with Gasteiger partial charge >= 0.3 is 0 Å². The Balaban J connectivity index is 1.86. The maximum absolute atomic E-state index is 12.8. The number of amides is 1. The largest absolute Gasteiger partial charge is 0.380 e. The van der Waals surface area contributed by atoms with Crippen LogP contribution in [-0.4, -0.2) is 55.8 Å². The minimum atomic E-state index is -3.20. The van der Waals surface area contributed by atoms with Crippen molar-refractivity contribution in [1.82, 2.24) is 8.87 Å². The van der Waals surface area contributed by atoms with Crippen molar-refractivity contribution in [2.45, 2.75) is 26.3 Å². The molecule has 0 bridgehead atoms. The van der Waals surface area contributed by atoms with Gasteiger partial charge in [-0.3, -0.25) is 4.79 Å². The zero-order valence-corrected chi connectivity index (χ0v) is 19.1. The van der Waals surface area contributed by atoms with Crippen LogP contribution in [0.2, 0.25) is 0 Å². The number of halogens is 1. The van der Waals surface area contributed by atoms with E-state index in [0.29, 0.717) is 50.5 Å². The number of hydrogen-bond acceptors (Lipinski definition) is 5. The van der Waals surface area contributed by atoms with E-state index in [9.17, 15) is 13.2 Å². The van der Waals surface area contributed by atoms with Crippen molar-refractivity contribution in [3.63, 3.8) is 0 Å². The van der Waals surface area contributed by atoms with Gasteiger partial charge in [0.25, 0.3) is 5.91 Å². The van der Waals surface area contributed by atoms with Gasteiger partial charge in [0.2, 0.25) is 10.0 Å². The summed E-state index contributed by atoms with van der Waals surface area (Å²) < 4.78 is 34.3. The Morgan fingerprint density at radius 3 is 2.71 bits per heavy atom. The predicted octanol–water partition coefficient (Wildman–Crippen LogP) is 2.60. The first-order valence-corrected chi connectivity index (χ1v) is 12.7. The smallest absolute Gasteiger partial charge is 0.251 e. The second-order valence-corrected chi connectivity index (χ2v) is 10.6. The first-order valence-electron chi connectivity index (χ1n) is 9.20.